The quantitative estimate of drug-likeness (QED) is 0.828. The van der Waals surface area contributed by atoms with Gasteiger partial charge in [-0.15, -0.1) is 0 Å². The number of rotatable bonds is 4. The maximum Gasteiger partial charge on any atom is 0.242 e. The van der Waals surface area contributed by atoms with Crippen molar-refractivity contribution in [3.63, 3.8) is 0 Å². The molecule has 0 spiro atoms. The van der Waals surface area contributed by atoms with Crippen LogP contribution in [0.4, 0.5) is 5.69 Å². The monoisotopic (exact) mass is 302 g/mol. The van der Waals surface area contributed by atoms with Crippen LogP contribution >= 0.6 is 0 Å². The van der Waals surface area contributed by atoms with Gasteiger partial charge in [-0.25, -0.2) is 13.1 Å². The van der Waals surface area contributed by atoms with Crippen LogP contribution in [0.2, 0.25) is 0 Å². The molecule has 0 fully saturated rings. The van der Waals surface area contributed by atoms with Gasteiger partial charge in [-0.3, -0.25) is 4.98 Å². The maximum absolute atomic E-state index is 12.3. The van der Waals surface area contributed by atoms with Crippen LogP contribution in [0, 0.1) is 18.3 Å². The summed E-state index contributed by atoms with van der Waals surface area (Å²) < 4.78 is 27.1. The standard InChI is InChI=1S/C14H14N4O2S/c1-10-8-17-5-4-11(10)9-18-21(19,20)14-3-2-13(16)6-12(14)7-15/h2-6,8,18H,9,16H2,1H3. The number of nitrogen functional groups attached to an aromatic ring is 1. The van der Waals surface area contributed by atoms with Crippen molar-refractivity contribution in [1.29, 1.82) is 5.26 Å². The van der Waals surface area contributed by atoms with E-state index in [2.05, 4.69) is 9.71 Å². The lowest BCUT2D eigenvalue weighted by Crippen LogP contribution is -2.24. The van der Waals surface area contributed by atoms with Crippen LogP contribution in [0.5, 0.6) is 0 Å². The first-order valence-electron chi connectivity index (χ1n) is 6.13. The summed E-state index contributed by atoms with van der Waals surface area (Å²) in [5.74, 6) is 0. The predicted octanol–water partition coefficient (Wildman–Crippen LogP) is 1.32. The van der Waals surface area contributed by atoms with Gasteiger partial charge in [0.1, 0.15) is 6.07 Å². The van der Waals surface area contributed by atoms with Gasteiger partial charge in [0.05, 0.1) is 10.5 Å². The van der Waals surface area contributed by atoms with Crippen molar-refractivity contribution in [1.82, 2.24) is 9.71 Å². The lowest BCUT2D eigenvalue weighted by Gasteiger charge is -2.10. The largest absolute Gasteiger partial charge is 0.399 e. The first-order valence-corrected chi connectivity index (χ1v) is 7.61. The highest BCUT2D eigenvalue weighted by atomic mass is 32.2. The van der Waals surface area contributed by atoms with Crippen molar-refractivity contribution in [2.45, 2.75) is 18.4 Å². The Hall–Kier alpha value is -2.43. The van der Waals surface area contributed by atoms with Crippen molar-refractivity contribution in [3.8, 4) is 6.07 Å². The second-order valence-electron chi connectivity index (χ2n) is 4.49. The number of anilines is 1. The van der Waals surface area contributed by atoms with Crippen LogP contribution in [0.15, 0.2) is 41.6 Å². The lowest BCUT2D eigenvalue weighted by atomic mass is 10.2. The summed E-state index contributed by atoms with van der Waals surface area (Å²) in [6, 6.07) is 7.71. The van der Waals surface area contributed by atoms with E-state index >= 15 is 0 Å². The Labute approximate surface area is 123 Å². The molecule has 2 rings (SSSR count). The van der Waals surface area contributed by atoms with E-state index in [1.54, 1.807) is 18.5 Å². The number of sulfonamides is 1. The molecule has 6 nitrogen and oxygen atoms in total. The topological polar surface area (TPSA) is 109 Å². The summed E-state index contributed by atoms with van der Waals surface area (Å²) in [7, 11) is -3.78. The number of nitrogens with one attached hydrogen (secondary N) is 1. The predicted molar refractivity (Wildman–Crippen MR) is 78.6 cm³/mol. The molecule has 0 bridgehead atoms. The molecule has 0 radical (unpaired) electrons. The Morgan fingerprint density at radius 3 is 2.81 bits per heavy atom. The molecule has 0 saturated carbocycles. The molecule has 7 heteroatoms. The summed E-state index contributed by atoms with van der Waals surface area (Å²) >= 11 is 0. The molecule has 1 aromatic heterocycles. The van der Waals surface area contributed by atoms with Crippen molar-refractivity contribution in [3.05, 3.63) is 53.3 Å². The normalized spacial score (nSPS) is 11.0. The second kappa shape index (κ2) is 5.91. The molecule has 1 aromatic carbocycles. The maximum atomic E-state index is 12.3. The van der Waals surface area contributed by atoms with Crippen molar-refractivity contribution >= 4 is 15.7 Å². The Bertz CT molecular complexity index is 810. The average Bonchev–Trinajstić information content (AvgIpc) is 2.46. The fourth-order valence-corrected chi connectivity index (χ4v) is 2.96. The average molecular weight is 302 g/mol. The zero-order valence-corrected chi connectivity index (χ0v) is 12.2. The molecule has 0 atom stereocenters. The van der Waals surface area contributed by atoms with Crippen LogP contribution < -0.4 is 10.5 Å². The number of aryl methyl sites for hydroxylation is 1. The SMILES string of the molecule is Cc1cnccc1CNS(=O)(=O)c1ccc(N)cc1C#N. The molecule has 0 aliphatic rings. The number of pyridine rings is 1. The van der Waals surface area contributed by atoms with E-state index < -0.39 is 10.0 Å². The van der Waals surface area contributed by atoms with Crippen molar-refractivity contribution in [2.24, 2.45) is 0 Å². The summed E-state index contributed by atoms with van der Waals surface area (Å²) in [6.45, 7) is 1.98. The molecule has 0 aliphatic heterocycles. The van der Waals surface area contributed by atoms with E-state index in [4.69, 9.17) is 11.0 Å². The first-order chi connectivity index (χ1) is 9.94. The Balaban J connectivity index is 2.28. The number of benzene rings is 1. The lowest BCUT2D eigenvalue weighted by molar-refractivity contribution is 0.581. The van der Waals surface area contributed by atoms with Gasteiger partial charge < -0.3 is 5.73 Å². The molecule has 21 heavy (non-hydrogen) atoms. The van der Waals surface area contributed by atoms with Crippen molar-refractivity contribution < 1.29 is 8.42 Å². The van der Waals surface area contributed by atoms with E-state index in [1.165, 1.54) is 18.2 Å². The number of nitrogens with zero attached hydrogens (tertiary/aromatic N) is 2. The van der Waals surface area contributed by atoms with Crippen LogP contribution in [0.25, 0.3) is 0 Å². The molecule has 0 aliphatic carbocycles. The van der Waals surface area contributed by atoms with Gasteiger partial charge in [0.25, 0.3) is 0 Å². The van der Waals surface area contributed by atoms with E-state index in [0.29, 0.717) is 5.69 Å². The molecule has 0 saturated heterocycles. The Morgan fingerprint density at radius 1 is 1.38 bits per heavy atom. The summed E-state index contributed by atoms with van der Waals surface area (Å²) in [4.78, 5) is 3.87. The highest BCUT2D eigenvalue weighted by Crippen LogP contribution is 2.18. The van der Waals surface area contributed by atoms with Crippen LogP contribution in [-0.4, -0.2) is 13.4 Å². The molecular weight excluding hydrogens is 288 g/mol. The van der Waals surface area contributed by atoms with E-state index in [0.717, 1.165) is 11.1 Å². The van der Waals surface area contributed by atoms with Crippen LogP contribution in [-0.2, 0) is 16.6 Å². The van der Waals surface area contributed by atoms with Gasteiger partial charge in [-0.1, -0.05) is 0 Å². The Morgan fingerprint density at radius 2 is 2.14 bits per heavy atom. The van der Waals surface area contributed by atoms with Crippen LogP contribution in [0.3, 0.4) is 0 Å². The summed E-state index contributed by atoms with van der Waals surface area (Å²) in [6.07, 6.45) is 3.26. The minimum absolute atomic E-state index is 0.0222. The first kappa shape index (κ1) is 15.0. The highest BCUT2D eigenvalue weighted by Gasteiger charge is 2.18. The van der Waals surface area contributed by atoms with Gasteiger partial charge >= 0.3 is 0 Å². The fraction of sp³-hybridized carbons (Fsp3) is 0.143. The smallest absolute Gasteiger partial charge is 0.242 e. The third kappa shape index (κ3) is 3.37. The molecule has 3 N–H and O–H groups in total. The molecule has 108 valence electrons. The summed E-state index contributed by atoms with van der Waals surface area (Å²) in [5.41, 5.74) is 7.63. The van der Waals surface area contributed by atoms with Gasteiger partial charge in [0.15, 0.2) is 0 Å². The van der Waals surface area contributed by atoms with Gasteiger partial charge in [0, 0.05) is 24.6 Å². The van der Waals surface area contributed by atoms with Crippen LogP contribution in [0.1, 0.15) is 16.7 Å². The minimum Gasteiger partial charge on any atom is -0.399 e. The number of nitriles is 1. The number of aromatic nitrogens is 1. The number of hydrogen-bond donors (Lipinski definition) is 2. The second-order valence-corrected chi connectivity index (χ2v) is 6.23. The molecule has 1 heterocycles. The molecule has 2 aromatic rings. The molecule has 0 unspecified atom stereocenters. The third-order valence-corrected chi connectivity index (χ3v) is 4.46. The minimum atomic E-state index is -3.78. The molecular formula is C14H14N4O2S. The number of hydrogen-bond acceptors (Lipinski definition) is 5. The Kier molecular flexibility index (Phi) is 4.21. The highest BCUT2D eigenvalue weighted by molar-refractivity contribution is 7.89. The van der Waals surface area contributed by atoms with Crippen molar-refractivity contribution in [2.75, 3.05) is 5.73 Å². The number of nitrogens with two attached hydrogens (primary N) is 1. The van der Waals surface area contributed by atoms with E-state index in [9.17, 15) is 8.42 Å². The van der Waals surface area contributed by atoms with E-state index in [-0.39, 0.29) is 17.0 Å². The van der Waals surface area contributed by atoms with Gasteiger partial charge in [-0.05, 0) is 42.3 Å². The van der Waals surface area contributed by atoms with Gasteiger partial charge in [-0.2, -0.15) is 5.26 Å². The summed E-state index contributed by atoms with van der Waals surface area (Å²) in [5, 5.41) is 9.03. The fourth-order valence-electron chi connectivity index (χ4n) is 1.82. The zero-order chi connectivity index (χ0) is 15.5. The van der Waals surface area contributed by atoms with Gasteiger partial charge in [0.2, 0.25) is 10.0 Å². The zero-order valence-electron chi connectivity index (χ0n) is 11.4. The third-order valence-electron chi connectivity index (χ3n) is 3.00. The van der Waals surface area contributed by atoms with E-state index in [1.807, 2.05) is 13.0 Å². The molecule has 0 amide bonds.